The molecule has 7 heteroatoms. The largest absolute Gasteiger partial charge is 0.381 e. The highest BCUT2D eigenvalue weighted by atomic mass is 32.2. The van der Waals surface area contributed by atoms with Gasteiger partial charge in [-0.25, -0.2) is 8.42 Å². The molecule has 0 aromatic heterocycles. The van der Waals surface area contributed by atoms with Gasteiger partial charge in [0, 0.05) is 32.8 Å². The van der Waals surface area contributed by atoms with Crippen LogP contribution in [0.15, 0.2) is 35.3 Å². The molecule has 0 amide bonds. The molecule has 0 aliphatic carbocycles. The van der Waals surface area contributed by atoms with E-state index in [2.05, 4.69) is 22.3 Å². The van der Waals surface area contributed by atoms with Crippen LogP contribution in [0.2, 0.25) is 0 Å². The van der Waals surface area contributed by atoms with Crippen LogP contribution in [0.1, 0.15) is 39.2 Å². The van der Waals surface area contributed by atoms with Crippen LogP contribution in [0.25, 0.3) is 0 Å². The fourth-order valence-corrected chi connectivity index (χ4v) is 4.55. The third kappa shape index (κ3) is 6.78. The van der Waals surface area contributed by atoms with E-state index in [4.69, 9.17) is 9.73 Å². The van der Waals surface area contributed by atoms with Crippen LogP contribution >= 0.6 is 0 Å². The van der Waals surface area contributed by atoms with Crippen molar-refractivity contribution < 1.29 is 13.2 Å². The van der Waals surface area contributed by atoms with Gasteiger partial charge in [0.25, 0.3) is 0 Å². The van der Waals surface area contributed by atoms with Crippen LogP contribution in [0, 0.1) is 0 Å². The number of sulfone groups is 1. The van der Waals surface area contributed by atoms with E-state index in [-0.39, 0.29) is 5.75 Å². The highest BCUT2D eigenvalue weighted by Crippen LogP contribution is 2.23. The number of nitrogens with one attached hydrogen (secondary N) is 1. The third-order valence-electron chi connectivity index (χ3n) is 5.01. The summed E-state index contributed by atoms with van der Waals surface area (Å²) in [4.78, 5) is 6.77. The lowest BCUT2D eigenvalue weighted by atomic mass is 10.2. The molecule has 0 unspecified atom stereocenters. The average molecular weight is 410 g/mol. The second-order valence-corrected chi connectivity index (χ2v) is 10.5. The topological polar surface area (TPSA) is 71.0 Å². The van der Waals surface area contributed by atoms with Crippen LogP contribution in [0.3, 0.4) is 0 Å². The number of rotatable bonds is 9. The van der Waals surface area contributed by atoms with Gasteiger partial charge >= 0.3 is 0 Å². The lowest BCUT2D eigenvalue weighted by Crippen LogP contribution is -2.57. The maximum Gasteiger partial charge on any atom is 0.193 e. The number of nitrogens with zero attached hydrogens (tertiary/aromatic N) is 2. The molecule has 1 fully saturated rings. The summed E-state index contributed by atoms with van der Waals surface area (Å²) in [5.41, 5.74) is 1.30. The smallest absolute Gasteiger partial charge is 0.193 e. The summed E-state index contributed by atoms with van der Waals surface area (Å²) < 4.78 is 29.4. The van der Waals surface area contributed by atoms with Crippen molar-refractivity contribution in [1.82, 2.24) is 10.2 Å². The molecule has 0 bridgehead atoms. The van der Waals surface area contributed by atoms with Gasteiger partial charge in [-0.3, -0.25) is 4.99 Å². The van der Waals surface area contributed by atoms with Crippen molar-refractivity contribution in [3.8, 4) is 0 Å². The number of guanidine groups is 1. The van der Waals surface area contributed by atoms with Gasteiger partial charge in [0.2, 0.25) is 0 Å². The number of hydrogen-bond acceptors (Lipinski definition) is 4. The lowest BCUT2D eigenvalue weighted by molar-refractivity contribution is 0.134. The van der Waals surface area contributed by atoms with Crippen molar-refractivity contribution in [1.29, 1.82) is 0 Å². The first-order valence-corrected chi connectivity index (χ1v) is 11.9. The number of ether oxygens (including phenoxy) is 1. The summed E-state index contributed by atoms with van der Waals surface area (Å²) in [7, 11) is -3.04. The van der Waals surface area contributed by atoms with Crippen molar-refractivity contribution in [2.24, 2.45) is 4.99 Å². The molecule has 28 heavy (non-hydrogen) atoms. The first-order valence-electron chi connectivity index (χ1n) is 10.2. The minimum atomic E-state index is -3.04. The summed E-state index contributed by atoms with van der Waals surface area (Å²) in [5, 5.41) is 3.30. The predicted octanol–water partition coefficient (Wildman–Crippen LogP) is 2.50. The monoisotopic (exact) mass is 409 g/mol. The van der Waals surface area contributed by atoms with Gasteiger partial charge in [-0.2, -0.15) is 0 Å². The Morgan fingerprint density at radius 3 is 2.64 bits per heavy atom. The number of benzene rings is 1. The van der Waals surface area contributed by atoms with Gasteiger partial charge in [-0.05, 0) is 45.6 Å². The van der Waals surface area contributed by atoms with Crippen LogP contribution in [-0.2, 0) is 21.0 Å². The molecule has 6 nitrogen and oxygen atoms in total. The summed E-state index contributed by atoms with van der Waals surface area (Å²) in [6.45, 7) is 9.57. The summed E-state index contributed by atoms with van der Waals surface area (Å²) in [6, 6.07) is 10.4. The molecule has 0 atom stereocenters. The van der Waals surface area contributed by atoms with E-state index in [1.807, 2.05) is 25.1 Å². The Hall–Kier alpha value is -1.60. The lowest BCUT2D eigenvalue weighted by Gasteiger charge is -2.39. The molecule has 0 saturated carbocycles. The van der Waals surface area contributed by atoms with E-state index in [0.29, 0.717) is 19.6 Å². The zero-order valence-electron chi connectivity index (χ0n) is 17.5. The second-order valence-electron chi connectivity index (χ2n) is 7.79. The van der Waals surface area contributed by atoms with Crippen LogP contribution < -0.4 is 5.32 Å². The fourth-order valence-electron chi connectivity index (χ4n) is 3.19. The maximum absolute atomic E-state index is 12.2. The first kappa shape index (κ1) is 22.7. The van der Waals surface area contributed by atoms with Crippen LogP contribution in [0.5, 0.6) is 0 Å². The van der Waals surface area contributed by atoms with Gasteiger partial charge in [0.05, 0.1) is 17.1 Å². The van der Waals surface area contributed by atoms with Gasteiger partial charge < -0.3 is 15.0 Å². The summed E-state index contributed by atoms with van der Waals surface area (Å²) in [6.07, 6.45) is 2.87. The Morgan fingerprint density at radius 1 is 1.21 bits per heavy atom. The molecular weight excluding hydrogens is 374 g/mol. The second kappa shape index (κ2) is 10.8. The molecule has 1 aromatic carbocycles. The zero-order valence-corrected chi connectivity index (χ0v) is 18.3. The molecule has 0 spiro atoms. The molecule has 1 aromatic rings. The van der Waals surface area contributed by atoms with Crippen LogP contribution in [-0.4, -0.2) is 69.2 Å². The number of aliphatic imine (C=N–C) groups is 1. The Bertz CT molecular complexity index is 718. The number of unbranched alkanes of at least 4 members (excludes halogenated alkanes) is 1. The highest BCUT2D eigenvalue weighted by molar-refractivity contribution is 7.92. The average Bonchev–Trinajstić information content (AvgIpc) is 2.66. The van der Waals surface area contributed by atoms with E-state index < -0.39 is 14.6 Å². The normalized spacial score (nSPS) is 18.8. The van der Waals surface area contributed by atoms with E-state index >= 15 is 0 Å². The summed E-state index contributed by atoms with van der Waals surface area (Å²) >= 11 is 0. The minimum absolute atomic E-state index is 0.180. The van der Waals surface area contributed by atoms with Crippen molar-refractivity contribution in [3.63, 3.8) is 0 Å². The summed E-state index contributed by atoms with van der Waals surface area (Å²) in [5.74, 6) is 0.995. The van der Waals surface area contributed by atoms with Gasteiger partial charge in [-0.15, -0.1) is 0 Å². The standard InChI is InChI=1S/C21H35N3O3S/c1-4-22-20(24-14-17-28(25,26)21(2,3)18-24)23-13-8-9-15-27-16-12-19-10-6-5-7-11-19/h5-7,10-11H,4,8-9,12-18H2,1-3H3,(H,22,23). The SMILES string of the molecule is CCNC(=NCCCCOCCc1ccccc1)N1CCS(=O)(=O)C(C)(C)C1. The Kier molecular flexibility index (Phi) is 8.76. The Balaban J connectivity index is 1.70. The van der Waals surface area contributed by atoms with E-state index in [9.17, 15) is 8.42 Å². The Labute approximate surface area is 170 Å². The quantitative estimate of drug-likeness (QED) is 0.385. The third-order valence-corrected chi connectivity index (χ3v) is 7.55. The minimum Gasteiger partial charge on any atom is -0.381 e. The van der Waals surface area contributed by atoms with E-state index in [0.717, 1.165) is 45.0 Å². The van der Waals surface area contributed by atoms with Gasteiger partial charge in [0.15, 0.2) is 15.8 Å². The maximum atomic E-state index is 12.2. The van der Waals surface area contributed by atoms with E-state index in [1.165, 1.54) is 5.56 Å². The fraction of sp³-hybridized carbons (Fsp3) is 0.667. The Morgan fingerprint density at radius 2 is 1.96 bits per heavy atom. The molecule has 0 radical (unpaired) electrons. The van der Waals surface area contributed by atoms with Crippen LogP contribution in [0.4, 0.5) is 0 Å². The zero-order chi connectivity index (χ0) is 20.5. The highest BCUT2D eigenvalue weighted by Gasteiger charge is 2.40. The predicted molar refractivity (Wildman–Crippen MR) is 116 cm³/mol. The molecule has 1 heterocycles. The molecule has 1 saturated heterocycles. The van der Waals surface area contributed by atoms with E-state index in [1.54, 1.807) is 13.8 Å². The molecule has 2 rings (SSSR count). The molecule has 1 N–H and O–H groups in total. The van der Waals surface area contributed by atoms with Gasteiger partial charge in [0.1, 0.15) is 0 Å². The van der Waals surface area contributed by atoms with Crippen molar-refractivity contribution in [2.75, 3.05) is 45.1 Å². The van der Waals surface area contributed by atoms with Gasteiger partial charge in [-0.1, -0.05) is 30.3 Å². The van der Waals surface area contributed by atoms with Crippen molar-refractivity contribution >= 4 is 15.8 Å². The van der Waals surface area contributed by atoms with Crippen molar-refractivity contribution in [3.05, 3.63) is 35.9 Å². The molecule has 158 valence electrons. The molecular formula is C21H35N3O3S. The van der Waals surface area contributed by atoms with Crippen molar-refractivity contribution in [2.45, 2.75) is 44.8 Å². The molecule has 1 aliphatic rings. The molecule has 1 aliphatic heterocycles. The first-order chi connectivity index (χ1) is 13.4. The number of hydrogen-bond donors (Lipinski definition) is 1.